The van der Waals surface area contributed by atoms with E-state index in [4.69, 9.17) is 5.10 Å². The molecule has 0 spiro atoms. The van der Waals surface area contributed by atoms with Crippen molar-refractivity contribution in [3.8, 4) is 0 Å². The number of benzene rings is 1. The highest BCUT2D eigenvalue weighted by Crippen LogP contribution is 2.47. The average molecular weight is 377 g/mol. The first kappa shape index (κ1) is 18.5. The molecule has 1 amide bonds. The first-order valence-electron chi connectivity index (χ1n) is 9.73. The highest BCUT2D eigenvalue weighted by Gasteiger charge is 2.44. The normalized spacial score (nSPS) is 18.9. The van der Waals surface area contributed by atoms with Gasteiger partial charge in [-0.2, -0.15) is 10.2 Å². The van der Waals surface area contributed by atoms with Crippen LogP contribution in [-0.2, 0) is 23.8 Å². The predicted molar refractivity (Wildman–Crippen MR) is 109 cm³/mol. The van der Waals surface area contributed by atoms with Crippen molar-refractivity contribution < 1.29 is 4.79 Å². The molecule has 1 aliphatic carbocycles. The Morgan fingerprint density at radius 2 is 2.00 bits per heavy atom. The summed E-state index contributed by atoms with van der Waals surface area (Å²) < 4.78 is 3.68. The molecule has 1 aromatic carbocycles. The molecule has 0 saturated heterocycles. The quantitative estimate of drug-likeness (QED) is 0.737. The number of hydrogen-bond donors (Lipinski definition) is 1. The molecule has 6 nitrogen and oxygen atoms in total. The molecule has 0 bridgehead atoms. The third-order valence-electron chi connectivity index (χ3n) is 5.26. The molecule has 2 aromatic heterocycles. The Morgan fingerprint density at radius 1 is 1.25 bits per heavy atom. The van der Waals surface area contributed by atoms with Crippen molar-refractivity contribution in [2.75, 3.05) is 5.32 Å². The molecule has 6 heteroatoms. The van der Waals surface area contributed by atoms with E-state index in [-0.39, 0.29) is 23.2 Å². The topological polar surface area (TPSA) is 64.7 Å². The van der Waals surface area contributed by atoms with Crippen LogP contribution in [0.15, 0.2) is 48.8 Å². The number of carbonyl (C=O) groups excluding carboxylic acids is 1. The van der Waals surface area contributed by atoms with Gasteiger partial charge >= 0.3 is 0 Å². The molecule has 0 unspecified atom stereocenters. The minimum Gasteiger partial charge on any atom is -0.311 e. The molecule has 2 heterocycles. The number of carbonyl (C=O) groups is 1. The number of rotatable bonds is 5. The van der Waals surface area contributed by atoms with Crippen molar-refractivity contribution in [3.05, 3.63) is 65.6 Å². The number of aryl methyl sites for hydroxylation is 1. The van der Waals surface area contributed by atoms with Crippen LogP contribution in [0, 0.1) is 5.92 Å². The van der Waals surface area contributed by atoms with Crippen molar-refractivity contribution in [2.45, 2.75) is 45.1 Å². The van der Waals surface area contributed by atoms with Gasteiger partial charge in [-0.05, 0) is 23.5 Å². The highest BCUT2D eigenvalue weighted by molar-refractivity contribution is 5.94. The molecule has 1 fully saturated rings. The molecule has 1 N–H and O–H groups in total. The monoisotopic (exact) mass is 377 g/mol. The lowest BCUT2D eigenvalue weighted by Gasteiger charge is -2.14. The van der Waals surface area contributed by atoms with Crippen LogP contribution in [0.4, 0.5) is 5.82 Å². The molecule has 2 atom stereocenters. The molecule has 0 aliphatic heterocycles. The summed E-state index contributed by atoms with van der Waals surface area (Å²) in [6, 6.07) is 12.2. The lowest BCUT2D eigenvalue weighted by Crippen LogP contribution is -2.18. The Hall–Kier alpha value is -2.89. The maximum Gasteiger partial charge on any atom is 0.229 e. The van der Waals surface area contributed by atoms with Crippen LogP contribution < -0.4 is 5.32 Å². The van der Waals surface area contributed by atoms with E-state index in [1.807, 2.05) is 48.4 Å². The fourth-order valence-electron chi connectivity index (χ4n) is 3.46. The molecule has 4 rings (SSSR count). The second kappa shape index (κ2) is 6.93. The largest absolute Gasteiger partial charge is 0.311 e. The van der Waals surface area contributed by atoms with Crippen molar-refractivity contribution >= 4 is 11.7 Å². The number of anilines is 1. The van der Waals surface area contributed by atoms with Gasteiger partial charge in [0.1, 0.15) is 5.82 Å². The molecular weight excluding hydrogens is 350 g/mol. The molecular formula is C22H27N5O. The highest BCUT2D eigenvalue weighted by atomic mass is 16.2. The minimum absolute atomic E-state index is 0.00219. The van der Waals surface area contributed by atoms with Crippen molar-refractivity contribution in [2.24, 2.45) is 13.0 Å². The third-order valence-corrected chi connectivity index (χ3v) is 5.26. The molecule has 1 aliphatic rings. The van der Waals surface area contributed by atoms with Crippen LogP contribution in [0.2, 0.25) is 0 Å². The van der Waals surface area contributed by atoms with E-state index in [0.717, 1.165) is 29.1 Å². The molecule has 3 aromatic rings. The van der Waals surface area contributed by atoms with Crippen LogP contribution >= 0.6 is 0 Å². The van der Waals surface area contributed by atoms with Crippen molar-refractivity contribution in [3.63, 3.8) is 0 Å². The maximum absolute atomic E-state index is 12.8. The van der Waals surface area contributed by atoms with E-state index in [0.29, 0.717) is 6.54 Å². The van der Waals surface area contributed by atoms with E-state index in [1.54, 1.807) is 4.68 Å². The summed E-state index contributed by atoms with van der Waals surface area (Å²) in [7, 11) is 1.90. The number of aromatic nitrogens is 4. The van der Waals surface area contributed by atoms with Gasteiger partial charge in [0.05, 0.1) is 18.4 Å². The van der Waals surface area contributed by atoms with Crippen LogP contribution in [0.1, 0.15) is 49.9 Å². The van der Waals surface area contributed by atoms with Gasteiger partial charge in [-0.25, -0.2) is 4.68 Å². The van der Waals surface area contributed by atoms with E-state index >= 15 is 0 Å². The number of nitrogens with zero attached hydrogens (tertiary/aromatic N) is 4. The lowest BCUT2D eigenvalue weighted by atomic mass is 9.92. The van der Waals surface area contributed by atoms with Crippen LogP contribution in [0.3, 0.4) is 0 Å². The second-order valence-electron chi connectivity index (χ2n) is 8.69. The summed E-state index contributed by atoms with van der Waals surface area (Å²) in [6.45, 7) is 7.02. The fraction of sp³-hybridized carbons (Fsp3) is 0.409. The first-order chi connectivity index (χ1) is 13.3. The van der Waals surface area contributed by atoms with Gasteiger partial charge in [-0.15, -0.1) is 0 Å². The van der Waals surface area contributed by atoms with Gasteiger partial charge in [0.15, 0.2) is 0 Å². The van der Waals surface area contributed by atoms with Crippen LogP contribution in [-0.4, -0.2) is 25.5 Å². The summed E-state index contributed by atoms with van der Waals surface area (Å²) in [5.41, 5.74) is 3.18. The van der Waals surface area contributed by atoms with Gasteiger partial charge in [-0.3, -0.25) is 9.48 Å². The molecule has 146 valence electrons. The zero-order valence-electron chi connectivity index (χ0n) is 16.9. The third kappa shape index (κ3) is 3.86. The smallest absolute Gasteiger partial charge is 0.229 e. The fourth-order valence-corrected chi connectivity index (χ4v) is 3.46. The summed E-state index contributed by atoms with van der Waals surface area (Å²) in [6.07, 6.45) is 4.72. The van der Waals surface area contributed by atoms with E-state index in [9.17, 15) is 4.79 Å². The Labute approximate surface area is 165 Å². The predicted octanol–water partition coefficient (Wildman–Crippen LogP) is 3.70. The zero-order valence-corrected chi connectivity index (χ0v) is 16.9. The Bertz CT molecular complexity index is 980. The van der Waals surface area contributed by atoms with Gasteiger partial charge in [0.25, 0.3) is 0 Å². The Kier molecular flexibility index (Phi) is 4.57. The molecule has 1 saturated carbocycles. The number of amides is 1. The van der Waals surface area contributed by atoms with Crippen molar-refractivity contribution in [1.82, 2.24) is 19.6 Å². The van der Waals surface area contributed by atoms with Crippen LogP contribution in [0.5, 0.6) is 0 Å². The van der Waals surface area contributed by atoms with Gasteiger partial charge in [0, 0.05) is 30.6 Å². The van der Waals surface area contributed by atoms with E-state index < -0.39 is 0 Å². The summed E-state index contributed by atoms with van der Waals surface area (Å²) >= 11 is 0. The SMILES string of the molecule is Cn1cc([C@@H]2C[C@H]2C(=O)Nc2cc(C(C)(C)C)nn2Cc2ccccc2)cn1. The number of nitrogens with one attached hydrogen (secondary N) is 1. The van der Waals surface area contributed by atoms with E-state index in [1.165, 1.54) is 0 Å². The molecule has 28 heavy (non-hydrogen) atoms. The van der Waals surface area contributed by atoms with E-state index in [2.05, 4.69) is 43.3 Å². The van der Waals surface area contributed by atoms with Gasteiger partial charge in [0.2, 0.25) is 5.91 Å². The molecule has 0 radical (unpaired) electrons. The summed E-state index contributed by atoms with van der Waals surface area (Å²) in [5.74, 6) is 1.09. The lowest BCUT2D eigenvalue weighted by molar-refractivity contribution is -0.117. The minimum atomic E-state index is -0.0841. The van der Waals surface area contributed by atoms with Gasteiger partial charge in [-0.1, -0.05) is 51.1 Å². The zero-order chi connectivity index (χ0) is 19.9. The first-order valence-corrected chi connectivity index (χ1v) is 9.73. The average Bonchev–Trinajstić information content (AvgIpc) is 3.17. The maximum atomic E-state index is 12.8. The van der Waals surface area contributed by atoms with Crippen LogP contribution in [0.25, 0.3) is 0 Å². The standard InChI is InChI=1S/C22H27N5O/c1-22(2,3)19-11-20(27(25-19)13-15-8-6-5-7-9-15)24-21(28)18-10-17(18)16-12-23-26(4)14-16/h5-9,11-12,14,17-18H,10,13H2,1-4H3,(H,24,28)/t17-,18+/m0/s1. The Balaban J connectivity index is 1.53. The Morgan fingerprint density at radius 3 is 2.64 bits per heavy atom. The second-order valence-corrected chi connectivity index (χ2v) is 8.69. The number of hydrogen-bond acceptors (Lipinski definition) is 3. The summed E-state index contributed by atoms with van der Waals surface area (Å²) in [4.78, 5) is 12.8. The van der Waals surface area contributed by atoms with Crippen molar-refractivity contribution in [1.29, 1.82) is 0 Å². The van der Waals surface area contributed by atoms with Gasteiger partial charge < -0.3 is 5.32 Å². The summed E-state index contributed by atoms with van der Waals surface area (Å²) in [5, 5.41) is 12.1.